The zero-order valence-electron chi connectivity index (χ0n) is 9.52. The zero-order valence-corrected chi connectivity index (χ0v) is 9.52. The standard InChI is InChI=1S/C12H5F6NO/c13-5-2-1-4(3-20)19-12(5)6-7(14)9(16)11(18)10(17)8(6)15/h1-2,20H,3H2. The van der Waals surface area contributed by atoms with Crippen molar-refractivity contribution in [3.63, 3.8) is 0 Å². The number of hydrogen-bond acceptors (Lipinski definition) is 2. The number of halogens is 6. The van der Waals surface area contributed by atoms with Gasteiger partial charge in [-0.2, -0.15) is 0 Å². The first-order valence-electron chi connectivity index (χ1n) is 5.16. The predicted octanol–water partition coefficient (Wildman–Crippen LogP) is 3.08. The van der Waals surface area contributed by atoms with Gasteiger partial charge in [-0.3, -0.25) is 0 Å². The SMILES string of the molecule is OCc1ccc(F)c(-c2c(F)c(F)c(F)c(F)c2F)n1. The second-order valence-electron chi connectivity index (χ2n) is 3.74. The number of pyridine rings is 1. The molecule has 0 amide bonds. The van der Waals surface area contributed by atoms with Gasteiger partial charge in [0.05, 0.1) is 17.9 Å². The lowest BCUT2D eigenvalue weighted by Crippen LogP contribution is -2.07. The third-order valence-electron chi connectivity index (χ3n) is 2.51. The Morgan fingerprint density at radius 2 is 1.30 bits per heavy atom. The van der Waals surface area contributed by atoms with Gasteiger partial charge in [-0.1, -0.05) is 0 Å². The molecule has 0 unspecified atom stereocenters. The van der Waals surface area contributed by atoms with Crippen molar-refractivity contribution in [1.29, 1.82) is 0 Å². The van der Waals surface area contributed by atoms with Gasteiger partial charge in [0.25, 0.3) is 0 Å². The van der Waals surface area contributed by atoms with Gasteiger partial charge in [0, 0.05) is 0 Å². The van der Waals surface area contributed by atoms with Crippen molar-refractivity contribution in [3.05, 3.63) is 52.7 Å². The minimum atomic E-state index is -2.34. The van der Waals surface area contributed by atoms with Crippen LogP contribution in [0.15, 0.2) is 12.1 Å². The Kier molecular flexibility index (Phi) is 3.67. The Labute approximate surface area is 108 Å². The molecule has 1 aromatic carbocycles. The summed E-state index contributed by atoms with van der Waals surface area (Å²) in [5.74, 6) is -12.4. The lowest BCUT2D eigenvalue weighted by molar-refractivity contribution is 0.276. The van der Waals surface area contributed by atoms with Crippen molar-refractivity contribution >= 4 is 0 Å². The van der Waals surface area contributed by atoms with E-state index in [0.29, 0.717) is 6.07 Å². The van der Waals surface area contributed by atoms with Gasteiger partial charge < -0.3 is 5.11 Å². The summed E-state index contributed by atoms with van der Waals surface area (Å²) in [6, 6.07) is 1.71. The van der Waals surface area contributed by atoms with Crippen LogP contribution in [0.2, 0.25) is 0 Å². The van der Waals surface area contributed by atoms with Crippen LogP contribution < -0.4 is 0 Å². The van der Waals surface area contributed by atoms with Gasteiger partial charge in [-0.15, -0.1) is 0 Å². The molecule has 8 heteroatoms. The molecule has 2 rings (SSSR count). The van der Waals surface area contributed by atoms with Crippen molar-refractivity contribution < 1.29 is 31.4 Å². The molecule has 0 saturated carbocycles. The summed E-state index contributed by atoms with van der Waals surface area (Å²) >= 11 is 0. The average Bonchev–Trinajstić information content (AvgIpc) is 2.45. The monoisotopic (exact) mass is 293 g/mol. The lowest BCUT2D eigenvalue weighted by atomic mass is 10.1. The van der Waals surface area contributed by atoms with Crippen LogP contribution in [-0.4, -0.2) is 10.1 Å². The van der Waals surface area contributed by atoms with Gasteiger partial charge in [0.2, 0.25) is 5.82 Å². The van der Waals surface area contributed by atoms with Crippen LogP contribution in [0.25, 0.3) is 11.3 Å². The van der Waals surface area contributed by atoms with Crippen LogP contribution in [0.5, 0.6) is 0 Å². The first kappa shape index (κ1) is 14.3. The Morgan fingerprint density at radius 1 is 0.800 bits per heavy atom. The number of benzene rings is 1. The highest BCUT2D eigenvalue weighted by Gasteiger charge is 2.28. The molecule has 0 bridgehead atoms. The van der Waals surface area contributed by atoms with E-state index < -0.39 is 52.8 Å². The topological polar surface area (TPSA) is 33.1 Å². The molecule has 0 saturated heterocycles. The summed E-state index contributed by atoms with van der Waals surface area (Å²) in [6.07, 6.45) is 0. The Bertz CT molecular complexity index is 659. The maximum absolute atomic E-state index is 13.5. The Balaban J connectivity index is 2.83. The molecule has 0 aliphatic carbocycles. The van der Waals surface area contributed by atoms with Gasteiger partial charge in [0.15, 0.2) is 23.3 Å². The largest absolute Gasteiger partial charge is 0.390 e. The summed E-state index contributed by atoms with van der Waals surface area (Å²) in [5, 5.41) is 8.81. The van der Waals surface area contributed by atoms with Crippen molar-refractivity contribution in [2.75, 3.05) is 0 Å². The molecule has 2 nitrogen and oxygen atoms in total. The molecule has 0 radical (unpaired) electrons. The minimum absolute atomic E-state index is 0.189. The van der Waals surface area contributed by atoms with E-state index in [4.69, 9.17) is 5.11 Å². The number of hydrogen-bond donors (Lipinski definition) is 1. The molecular formula is C12H5F6NO. The predicted molar refractivity (Wildman–Crippen MR) is 55.3 cm³/mol. The van der Waals surface area contributed by atoms with E-state index in [1.54, 1.807) is 0 Å². The molecule has 0 atom stereocenters. The Morgan fingerprint density at radius 3 is 1.80 bits per heavy atom. The molecule has 1 N–H and O–H groups in total. The molecule has 0 fully saturated rings. The Hall–Kier alpha value is -2.09. The third kappa shape index (κ3) is 2.11. The molecule has 0 aliphatic heterocycles. The van der Waals surface area contributed by atoms with Gasteiger partial charge in [-0.05, 0) is 12.1 Å². The zero-order chi connectivity index (χ0) is 15.0. The molecule has 20 heavy (non-hydrogen) atoms. The van der Waals surface area contributed by atoms with Crippen molar-refractivity contribution in [1.82, 2.24) is 4.98 Å². The van der Waals surface area contributed by atoms with Crippen LogP contribution in [0.1, 0.15) is 5.69 Å². The molecule has 1 heterocycles. The summed E-state index contributed by atoms with van der Waals surface area (Å²) in [7, 11) is 0. The lowest BCUT2D eigenvalue weighted by Gasteiger charge is -2.09. The molecule has 0 spiro atoms. The minimum Gasteiger partial charge on any atom is -0.390 e. The number of nitrogens with zero attached hydrogens (tertiary/aromatic N) is 1. The van der Waals surface area contributed by atoms with Crippen molar-refractivity contribution in [2.45, 2.75) is 6.61 Å². The average molecular weight is 293 g/mol. The quantitative estimate of drug-likeness (QED) is 0.524. The van der Waals surface area contributed by atoms with Crippen LogP contribution >= 0.6 is 0 Å². The maximum atomic E-state index is 13.5. The fourth-order valence-electron chi connectivity index (χ4n) is 1.56. The van der Waals surface area contributed by atoms with Crippen LogP contribution in [0.4, 0.5) is 26.3 Å². The van der Waals surface area contributed by atoms with Crippen LogP contribution in [0, 0.1) is 34.9 Å². The summed E-state index contributed by atoms with van der Waals surface area (Å²) < 4.78 is 79.5. The van der Waals surface area contributed by atoms with Crippen LogP contribution in [-0.2, 0) is 6.61 Å². The molecular weight excluding hydrogens is 288 g/mol. The highest BCUT2D eigenvalue weighted by Crippen LogP contribution is 2.31. The van der Waals surface area contributed by atoms with E-state index in [-0.39, 0.29) is 5.69 Å². The first-order valence-corrected chi connectivity index (χ1v) is 5.16. The second kappa shape index (κ2) is 5.12. The number of aliphatic hydroxyl groups excluding tert-OH is 1. The number of aromatic nitrogens is 1. The van der Waals surface area contributed by atoms with Gasteiger partial charge in [-0.25, -0.2) is 31.3 Å². The summed E-state index contributed by atoms with van der Waals surface area (Å²) in [4.78, 5) is 3.33. The molecule has 0 aliphatic rings. The molecule has 2 aromatic rings. The normalized spacial score (nSPS) is 10.9. The summed E-state index contributed by atoms with van der Waals surface area (Å²) in [5.41, 5.74) is -2.73. The highest BCUT2D eigenvalue weighted by atomic mass is 19.2. The van der Waals surface area contributed by atoms with E-state index >= 15 is 0 Å². The molecule has 106 valence electrons. The van der Waals surface area contributed by atoms with E-state index in [1.807, 2.05) is 0 Å². The second-order valence-corrected chi connectivity index (χ2v) is 3.74. The fraction of sp³-hybridized carbons (Fsp3) is 0.0833. The number of rotatable bonds is 2. The first-order chi connectivity index (χ1) is 9.38. The van der Waals surface area contributed by atoms with Crippen LogP contribution in [0.3, 0.4) is 0 Å². The number of aliphatic hydroxyl groups is 1. The van der Waals surface area contributed by atoms with E-state index in [9.17, 15) is 26.3 Å². The third-order valence-corrected chi connectivity index (χ3v) is 2.51. The maximum Gasteiger partial charge on any atom is 0.200 e. The summed E-state index contributed by atoms with van der Waals surface area (Å²) in [6.45, 7) is -0.692. The van der Waals surface area contributed by atoms with Crippen molar-refractivity contribution in [3.8, 4) is 11.3 Å². The fourth-order valence-corrected chi connectivity index (χ4v) is 1.56. The van der Waals surface area contributed by atoms with Gasteiger partial charge >= 0.3 is 0 Å². The van der Waals surface area contributed by atoms with E-state index in [2.05, 4.69) is 4.98 Å². The molecule has 1 aromatic heterocycles. The highest BCUT2D eigenvalue weighted by molar-refractivity contribution is 5.62. The van der Waals surface area contributed by atoms with Gasteiger partial charge in [0.1, 0.15) is 11.5 Å². The smallest absolute Gasteiger partial charge is 0.200 e. The van der Waals surface area contributed by atoms with E-state index in [1.165, 1.54) is 0 Å². The van der Waals surface area contributed by atoms with E-state index in [0.717, 1.165) is 6.07 Å². The van der Waals surface area contributed by atoms with Crippen molar-refractivity contribution in [2.24, 2.45) is 0 Å².